The standard InChI is InChI=1S/C35H34N4O12.C25H23N3O9/c1-20-28(34(44)49-16-14-36-31(40)25-11-4-3-8-23(25)19-51-48)30(22-9-7-10-24(18-22)39(46)47)29(21(2)38-20)35(45)50-17-15-37-32(41)26-12-5-6-13-27(26)33(42)43;1-13-19(24(32)33)21(15-6-5-7-16(12-15)28(35)36)20(14(2)27-13)25(34)37-11-10-26-22(29)17-8-3-4-9-18(17)23(30)31/h3-13,18,30,38,48H,14-17,19H2,1-2H3,(H,36,40)(H,37,41)(H,42,43);3-9,12,21,27H,10-11H2,1-2H3,(H,26,29)(H,30,31)(H,32,33)/t;21-/m.1/s1. The number of benzene rings is 5. The molecule has 88 heavy (non-hydrogen) atoms. The molecule has 0 fully saturated rings. The average molecular weight is 1210 g/mol. The van der Waals surface area contributed by atoms with Crippen LogP contribution in [0, 0.1) is 20.2 Å². The van der Waals surface area contributed by atoms with E-state index < -0.39 is 75.2 Å². The summed E-state index contributed by atoms with van der Waals surface area (Å²) < 4.78 is 16.2. The largest absolute Gasteiger partial charge is 0.478 e. The quantitative estimate of drug-likeness (QED) is 0.00847. The first-order chi connectivity index (χ1) is 42.0. The third-order valence-corrected chi connectivity index (χ3v) is 13.4. The molecule has 2 aliphatic rings. The first kappa shape index (κ1) is 65.8. The number of carboxylic acids is 3. The highest BCUT2D eigenvalue weighted by Gasteiger charge is 2.40. The molecule has 9 N–H and O–H groups in total. The monoisotopic (exact) mass is 1210 g/mol. The number of allylic oxidation sites excluding steroid dienone is 4. The number of nitro groups is 2. The molecule has 5 aromatic rings. The maximum absolute atomic E-state index is 13.6. The van der Waals surface area contributed by atoms with Crippen molar-refractivity contribution < 1.29 is 92.7 Å². The average Bonchev–Trinajstić information content (AvgIpc) is 1.43. The van der Waals surface area contributed by atoms with Crippen molar-refractivity contribution in [2.75, 3.05) is 39.5 Å². The van der Waals surface area contributed by atoms with Gasteiger partial charge in [0.15, 0.2) is 0 Å². The van der Waals surface area contributed by atoms with Crippen molar-refractivity contribution in [2.45, 2.75) is 46.1 Å². The predicted octanol–water partition coefficient (Wildman–Crippen LogP) is 6.05. The molecule has 0 saturated carbocycles. The molecule has 1 unspecified atom stereocenters. The minimum atomic E-state index is -1.32. The fraction of sp³-hybridized carbons (Fsp3) is 0.217. The van der Waals surface area contributed by atoms with Gasteiger partial charge in [0.2, 0.25) is 0 Å². The van der Waals surface area contributed by atoms with Gasteiger partial charge in [-0.15, -0.1) is 0 Å². The predicted molar refractivity (Wildman–Crippen MR) is 307 cm³/mol. The van der Waals surface area contributed by atoms with E-state index in [9.17, 15) is 78.7 Å². The highest BCUT2D eigenvalue weighted by molar-refractivity contribution is 6.06. The molecule has 0 aromatic heterocycles. The van der Waals surface area contributed by atoms with Crippen LogP contribution in [0.3, 0.4) is 0 Å². The van der Waals surface area contributed by atoms with E-state index >= 15 is 0 Å². The number of amides is 3. The number of aliphatic carboxylic acids is 1. The number of hydrogen-bond acceptors (Lipinski definition) is 20. The molecule has 2 aliphatic heterocycles. The number of rotatable bonds is 24. The van der Waals surface area contributed by atoms with Crippen molar-refractivity contribution in [3.63, 3.8) is 0 Å². The van der Waals surface area contributed by atoms with Crippen LogP contribution in [0.5, 0.6) is 0 Å². The number of hydrogen-bond donors (Lipinski definition) is 9. The molecular weight excluding hydrogens is 1150 g/mol. The number of non-ortho nitro benzene ring substituents is 2. The van der Waals surface area contributed by atoms with Crippen molar-refractivity contribution in [2.24, 2.45) is 0 Å². The van der Waals surface area contributed by atoms with Crippen molar-refractivity contribution >= 4 is 64.9 Å². The zero-order valence-electron chi connectivity index (χ0n) is 47.3. The number of nitro benzene ring substituents is 2. The Labute approximate surface area is 499 Å². The highest BCUT2D eigenvalue weighted by Crippen LogP contribution is 2.41. The maximum atomic E-state index is 13.6. The summed E-state index contributed by atoms with van der Waals surface area (Å²) in [6.07, 6.45) is 0. The van der Waals surface area contributed by atoms with Crippen LogP contribution in [0.25, 0.3) is 0 Å². The second kappa shape index (κ2) is 30.4. The van der Waals surface area contributed by atoms with Crippen LogP contribution in [-0.2, 0) is 44.9 Å². The summed E-state index contributed by atoms with van der Waals surface area (Å²) in [4.78, 5) is 139. The Balaban J connectivity index is 0.000000295. The van der Waals surface area contributed by atoms with Crippen LogP contribution in [0.15, 0.2) is 166 Å². The summed E-state index contributed by atoms with van der Waals surface area (Å²) in [7, 11) is 0. The number of carbonyl (C=O) groups excluding carboxylic acids is 6. The molecule has 0 spiro atoms. The van der Waals surface area contributed by atoms with Gasteiger partial charge in [-0.3, -0.25) is 39.9 Å². The molecule has 2 heterocycles. The van der Waals surface area contributed by atoms with E-state index in [4.69, 9.17) is 19.5 Å². The number of nitrogens with zero attached hydrogens (tertiary/aromatic N) is 2. The second-order valence-electron chi connectivity index (χ2n) is 19.1. The maximum Gasteiger partial charge on any atom is 0.336 e. The van der Waals surface area contributed by atoms with Crippen LogP contribution < -0.4 is 26.6 Å². The molecular formula is C60H57N7O21. The summed E-state index contributed by atoms with van der Waals surface area (Å²) in [6.45, 7) is 4.61. The number of carboxylic acid groups (broad SMARTS) is 3. The highest BCUT2D eigenvalue weighted by atomic mass is 17.1. The third kappa shape index (κ3) is 16.3. The number of esters is 3. The molecule has 28 nitrogen and oxygen atoms in total. The molecule has 0 saturated heterocycles. The number of ether oxygens (including phenoxy) is 3. The number of dihydropyridines is 2. The lowest BCUT2D eigenvalue weighted by Gasteiger charge is -2.30. The van der Waals surface area contributed by atoms with Gasteiger partial charge in [-0.05, 0) is 74.7 Å². The van der Waals surface area contributed by atoms with Gasteiger partial charge in [-0.2, -0.15) is 0 Å². The lowest BCUT2D eigenvalue weighted by molar-refractivity contribution is -0.385. The lowest BCUT2D eigenvalue weighted by Crippen LogP contribution is -2.35. The lowest BCUT2D eigenvalue weighted by atomic mass is 9.80. The van der Waals surface area contributed by atoms with Crippen LogP contribution in [-0.4, -0.2) is 123 Å². The second-order valence-corrected chi connectivity index (χ2v) is 19.1. The van der Waals surface area contributed by atoms with Crippen LogP contribution in [0.4, 0.5) is 11.4 Å². The zero-order valence-corrected chi connectivity index (χ0v) is 47.3. The van der Waals surface area contributed by atoms with Gasteiger partial charge in [-0.1, -0.05) is 66.7 Å². The van der Waals surface area contributed by atoms with E-state index in [0.717, 1.165) is 0 Å². The fourth-order valence-corrected chi connectivity index (χ4v) is 9.50. The normalized spacial score (nSPS) is 14.4. The molecule has 5 aromatic carbocycles. The summed E-state index contributed by atoms with van der Waals surface area (Å²) in [5.41, 5.74) is 0.878. The zero-order chi connectivity index (χ0) is 64.4. The Morgan fingerprint density at radius 1 is 0.455 bits per heavy atom. The van der Waals surface area contributed by atoms with Crippen LogP contribution >= 0.6 is 0 Å². The summed E-state index contributed by atoms with van der Waals surface area (Å²) in [6, 6.07) is 28.4. The van der Waals surface area contributed by atoms with E-state index in [1.165, 1.54) is 110 Å². The summed E-state index contributed by atoms with van der Waals surface area (Å²) in [5, 5.41) is 73.6. The van der Waals surface area contributed by atoms with Crippen molar-refractivity contribution in [3.05, 3.63) is 231 Å². The van der Waals surface area contributed by atoms with Crippen LogP contribution in [0.1, 0.15) is 108 Å². The van der Waals surface area contributed by atoms with Crippen molar-refractivity contribution in [1.82, 2.24) is 26.6 Å². The van der Waals surface area contributed by atoms with Crippen molar-refractivity contribution in [1.29, 1.82) is 0 Å². The van der Waals surface area contributed by atoms with E-state index in [2.05, 4.69) is 31.5 Å². The first-order valence-corrected chi connectivity index (χ1v) is 26.4. The molecule has 458 valence electrons. The van der Waals surface area contributed by atoms with Gasteiger partial charge in [0.1, 0.15) is 26.4 Å². The molecule has 0 bridgehead atoms. The Hall–Kier alpha value is -11.4. The molecule has 3 amide bonds. The third-order valence-electron chi connectivity index (χ3n) is 13.4. The molecule has 28 heteroatoms. The number of nitrogens with one attached hydrogen (secondary N) is 5. The van der Waals surface area contributed by atoms with E-state index in [-0.39, 0.29) is 124 Å². The Morgan fingerprint density at radius 3 is 1.14 bits per heavy atom. The van der Waals surface area contributed by atoms with Gasteiger partial charge in [-0.25, -0.2) is 33.7 Å². The van der Waals surface area contributed by atoms with E-state index in [1.54, 1.807) is 39.0 Å². The molecule has 0 aliphatic carbocycles. The summed E-state index contributed by atoms with van der Waals surface area (Å²) >= 11 is 0. The van der Waals surface area contributed by atoms with Gasteiger partial charge in [0.25, 0.3) is 29.1 Å². The van der Waals surface area contributed by atoms with Gasteiger partial charge >= 0.3 is 35.8 Å². The summed E-state index contributed by atoms with van der Waals surface area (Å²) in [5.74, 6) is -10.7. The van der Waals surface area contributed by atoms with Gasteiger partial charge in [0, 0.05) is 52.6 Å². The SMILES string of the molecule is CC1=C(C(=O)O)[C@@H](c2cccc([N+](=O)[O-])c2)C(C(=O)OCCNC(=O)c2ccccc2C(=O)O)=C(C)N1.CC1=C(C(=O)OCCNC(=O)c2ccccc2COO)C(c2cccc([N+](=O)[O-])c2)C(C(=O)OCCNC(=O)c2ccccc2C(=O)O)=C(C)N1. The molecule has 7 rings (SSSR count). The van der Waals surface area contributed by atoms with Gasteiger partial charge < -0.3 is 56.1 Å². The van der Waals surface area contributed by atoms with Crippen molar-refractivity contribution in [3.8, 4) is 0 Å². The smallest absolute Gasteiger partial charge is 0.336 e. The van der Waals surface area contributed by atoms with E-state index in [1.807, 2.05) is 0 Å². The topological polar surface area (TPSA) is 418 Å². The number of aromatic carboxylic acids is 2. The number of carbonyl (C=O) groups is 9. The van der Waals surface area contributed by atoms with Gasteiger partial charge in [0.05, 0.1) is 85.9 Å². The first-order valence-electron chi connectivity index (χ1n) is 26.4. The van der Waals surface area contributed by atoms with Crippen LogP contribution in [0.2, 0.25) is 0 Å². The minimum Gasteiger partial charge on any atom is -0.478 e. The minimum absolute atomic E-state index is 0.0385. The van der Waals surface area contributed by atoms with E-state index in [0.29, 0.717) is 22.7 Å². The fourth-order valence-electron chi connectivity index (χ4n) is 9.50. The Morgan fingerprint density at radius 2 is 0.784 bits per heavy atom. The Kier molecular flexibility index (Phi) is 22.7. The Bertz CT molecular complexity index is 3750. The molecule has 2 atom stereocenters. The molecule has 0 radical (unpaired) electrons.